The van der Waals surface area contributed by atoms with E-state index in [0.717, 1.165) is 17.8 Å². The number of nitrogens with zero attached hydrogens (tertiary/aromatic N) is 1. The number of primary amides is 1. The molecule has 2 rings (SSSR count). The largest absolute Gasteiger partial charge is 0.496 e. The highest BCUT2D eigenvalue weighted by Crippen LogP contribution is 2.22. The van der Waals surface area contributed by atoms with Gasteiger partial charge in [0.15, 0.2) is 0 Å². The van der Waals surface area contributed by atoms with Gasteiger partial charge in [-0.2, -0.15) is 0 Å². The first-order valence-corrected chi connectivity index (χ1v) is 6.34. The van der Waals surface area contributed by atoms with Crippen LogP contribution in [-0.2, 0) is 6.54 Å². The van der Waals surface area contributed by atoms with Crippen molar-refractivity contribution in [3.05, 3.63) is 59.7 Å². The third-order valence-corrected chi connectivity index (χ3v) is 3.15. The van der Waals surface area contributed by atoms with Crippen molar-refractivity contribution in [2.24, 2.45) is 5.73 Å². The Morgan fingerprint density at radius 3 is 2.50 bits per heavy atom. The van der Waals surface area contributed by atoms with E-state index < -0.39 is 5.91 Å². The minimum atomic E-state index is -0.482. The minimum Gasteiger partial charge on any atom is -0.496 e. The van der Waals surface area contributed by atoms with Crippen LogP contribution in [0.1, 0.15) is 15.9 Å². The van der Waals surface area contributed by atoms with Crippen LogP contribution in [0, 0.1) is 0 Å². The Balaban J connectivity index is 2.20. The van der Waals surface area contributed by atoms with Gasteiger partial charge in [0.05, 0.1) is 12.7 Å². The van der Waals surface area contributed by atoms with Crippen molar-refractivity contribution in [2.45, 2.75) is 6.54 Å². The maximum atomic E-state index is 11.3. The number of amides is 1. The number of rotatable bonds is 5. The number of carbonyl (C=O) groups excluding carboxylic acids is 1. The van der Waals surface area contributed by atoms with Crippen LogP contribution in [0.3, 0.4) is 0 Å². The second kappa shape index (κ2) is 6.10. The van der Waals surface area contributed by atoms with Gasteiger partial charge in [-0.1, -0.05) is 24.3 Å². The lowest BCUT2D eigenvalue weighted by atomic mass is 10.1. The SMILES string of the molecule is COc1cc(CN(C)c2ccccc2)ccc1C(N)=O. The van der Waals surface area contributed by atoms with Crippen molar-refractivity contribution in [3.63, 3.8) is 0 Å². The fraction of sp³-hybridized carbons (Fsp3) is 0.188. The fourth-order valence-electron chi connectivity index (χ4n) is 2.09. The molecule has 0 spiro atoms. The number of para-hydroxylation sites is 1. The van der Waals surface area contributed by atoms with Gasteiger partial charge in [-0.25, -0.2) is 0 Å². The second-order valence-corrected chi connectivity index (χ2v) is 4.59. The Hall–Kier alpha value is -2.49. The summed E-state index contributed by atoms with van der Waals surface area (Å²) in [5, 5.41) is 0. The van der Waals surface area contributed by atoms with Crippen molar-refractivity contribution in [1.29, 1.82) is 0 Å². The van der Waals surface area contributed by atoms with E-state index in [9.17, 15) is 4.79 Å². The average molecular weight is 270 g/mol. The quantitative estimate of drug-likeness (QED) is 0.907. The molecule has 0 unspecified atom stereocenters. The van der Waals surface area contributed by atoms with Crippen LogP contribution in [0.25, 0.3) is 0 Å². The molecule has 104 valence electrons. The van der Waals surface area contributed by atoms with Crippen molar-refractivity contribution < 1.29 is 9.53 Å². The summed E-state index contributed by atoms with van der Waals surface area (Å²) in [7, 11) is 3.55. The fourth-order valence-corrected chi connectivity index (χ4v) is 2.09. The Morgan fingerprint density at radius 1 is 1.20 bits per heavy atom. The highest BCUT2D eigenvalue weighted by molar-refractivity contribution is 5.95. The van der Waals surface area contributed by atoms with Gasteiger partial charge in [-0.3, -0.25) is 4.79 Å². The first kappa shape index (κ1) is 13.9. The zero-order valence-corrected chi connectivity index (χ0v) is 11.7. The summed E-state index contributed by atoms with van der Waals surface area (Å²) in [5.74, 6) is 0.0290. The predicted octanol–water partition coefficient (Wildman–Crippen LogP) is 2.43. The maximum absolute atomic E-state index is 11.3. The van der Waals surface area contributed by atoms with E-state index >= 15 is 0 Å². The van der Waals surface area contributed by atoms with Crippen LogP contribution in [0.15, 0.2) is 48.5 Å². The zero-order valence-electron chi connectivity index (χ0n) is 11.7. The summed E-state index contributed by atoms with van der Waals surface area (Å²) in [6.07, 6.45) is 0. The zero-order chi connectivity index (χ0) is 14.5. The van der Waals surface area contributed by atoms with Gasteiger partial charge >= 0.3 is 0 Å². The van der Waals surface area contributed by atoms with Gasteiger partial charge < -0.3 is 15.4 Å². The van der Waals surface area contributed by atoms with Crippen LogP contribution in [0.2, 0.25) is 0 Å². The number of nitrogens with two attached hydrogens (primary N) is 1. The molecule has 0 saturated heterocycles. The number of hydrogen-bond acceptors (Lipinski definition) is 3. The number of benzene rings is 2. The number of anilines is 1. The topological polar surface area (TPSA) is 55.6 Å². The normalized spacial score (nSPS) is 10.1. The summed E-state index contributed by atoms with van der Waals surface area (Å²) in [6.45, 7) is 0.722. The summed E-state index contributed by atoms with van der Waals surface area (Å²) in [5.41, 5.74) is 7.89. The molecule has 2 N–H and O–H groups in total. The van der Waals surface area contributed by atoms with E-state index in [4.69, 9.17) is 10.5 Å². The summed E-state index contributed by atoms with van der Waals surface area (Å²) in [4.78, 5) is 13.4. The lowest BCUT2D eigenvalue weighted by Crippen LogP contribution is -2.17. The monoisotopic (exact) mass is 270 g/mol. The molecule has 4 heteroatoms. The van der Waals surface area contributed by atoms with Crippen LogP contribution in [0.4, 0.5) is 5.69 Å². The highest BCUT2D eigenvalue weighted by atomic mass is 16.5. The predicted molar refractivity (Wildman–Crippen MR) is 80.1 cm³/mol. The van der Waals surface area contributed by atoms with E-state index in [0.29, 0.717) is 11.3 Å². The first-order chi connectivity index (χ1) is 9.61. The summed E-state index contributed by atoms with van der Waals surface area (Å²) >= 11 is 0. The van der Waals surface area contributed by atoms with Crippen LogP contribution < -0.4 is 15.4 Å². The molecule has 4 nitrogen and oxygen atoms in total. The van der Waals surface area contributed by atoms with E-state index in [2.05, 4.69) is 17.0 Å². The number of ether oxygens (including phenoxy) is 1. The second-order valence-electron chi connectivity index (χ2n) is 4.59. The van der Waals surface area contributed by atoms with Crippen molar-refractivity contribution in [1.82, 2.24) is 0 Å². The van der Waals surface area contributed by atoms with Gasteiger partial charge in [-0.15, -0.1) is 0 Å². The molecule has 2 aromatic rings. The standard InChI is InChI=1S/C16H18N2O2/c1-18(13-6-4-3-5-7-13)11-12-8-9-14(16(17)19)15(10-12)20-2/h3-10H,11H2,1-2H3,(H2,17,19). The molecule has 2 aromatic carbocycles. The molecular weight excluding hydrogens is 252 g/mol. The third-order valence-electron chi connectivity index (χ3n) is 3.15. The van der Waals surface area contributed by atoms with Gasteiger partial charge in [0.2, 0.25) is 0 Å². The maximum Gasteiger partial charge on any atom is 0.252 e. The lowest BCUT2D eigenvalue weighted by Gasteiger charge is -2.20. The molecule has 0 radical (unpaired) electrons. The number of carbonyl (C=O) groups is 1. The molecule has 0 bridgehead atoms. The van der Waals surface area contributed by atoms with Gasteiger partial charge in [0, 0.05) is 19.3 Å². The Labute approximate surface area is 118 Å². The summed E-state index contributed by atoms with van der Waals surface area (Å²) in [6, 6.07) is 15.5. The molecule has 0 fully saturated rings. The van der Waals surface area contributed by atoms with E-state index in [1.165, 1.54) is 7.11 Å². The minimum absolute atomic E-state index is 0.401. The molecule has 0 atom stereocenters. The van der Waals surface area contributed by atoms with E-state index in [-0.39, 0.29) is 0 Å². The Bertz CT molecular complexity index is 597. The van der Waals surface area contributed by atoms with Crippen molar-refractivity contribution in [3.8, 4) is 5.75 Å². The van der Waals surface area contributed by atoms with E-state index in [1.54, 1.807) is 6.07 Å². The molecule has 20 heavy (non-hydrogen) atoms. The van der Waals surface area contributed by atoms with Crippen molar-refractivity contribution in [2.75, 3.05) is 19.1 Å². The molecule has 0 aliphatic heterocycles. The molecule has 0 heterocycles. The van der Waals surface area contributed by atoms with Gasteiger partial charge in [0.25, 0.3) is 5.91 Å². The van der Waals surface area contributed by atoms with E-state index in [1.807, 2.05) is 37.4 Å². The van der Waals surface area contributed by atoms with Crippen LogP contribution in [0.5, 0.6) is 5.75 Å². The number of hydrogen-bond donors (Lipinski definition) is 1. The van der Waals surface area contributed by atoms with Crippen LogP contribution >= 0.6 is 0 Å². The van der Waals surface area contributed by atoms with Crippen LogP contribution in [-0.4, -0.2) is 20.1 Å². The molecule has 0 aliphatic rings. The molecular formula is C16H18N2O2. The lowest BCUT2D eigenvalue weighted by molar-refractivity contribution is 0.0997. The molecule has 0 saturated carbocycles. The van der Waals surface area contributed by atoms with Gasteiger partial charge in [-0.05, 0) is 29.8 Å². The van der Waals surface area contributed by atoms with Crippen molar-refractivity contribution >= 4 is 11.6 Å². The summed E-state index contributed by atoms with van der Waals surface area (Å²) < 4.78 is 5.22. The molecule has 0 aliphatic carbocycles. The smallest absolute Gasteiger partial charge is 0.252 e. The first-order valence-electron chi connectivity index (χ1n) is 6.34. The molecule has 0 aromatic heterocycles. The third kappa shape index (κ3) is 3.09. The highest BCUT2D eigenvalue weighted by Gasteiger charge is 2.10. The molecule has 1 amide bonds. The Morgan fingerprint density at radius 2 is 1.90 bits per heavy atom. The average Bonchev–Trinajstić information content (AvgIpc) is 2.47. The number of methoxy groups -OCH3 is 1. The van der Waals surface area contributed by atoms with Gasteiger partial charge in [0.1, 0.15) is 5.75 Å². The Kier molecular flexibility index (Phi) is 4.25.